The monoisotopic (exact) mass is 297 g/mol. The number of benzene rings is 1. The number of aryl methyl sites for hydroxylation is 1. The fraction of sp³-hybridized carbons (Fsp3) is 0.250. The summed E-state index contributed by atoms with van der Waals surface area (Å²) < 4.78 is 5.42. The molecule has 21 heavy (non-hydrogen) atoms. The highest BCUT2D eigenvalue weighted by molar-refractivity contribution is 7.14. The SMILES string of the molecule is Nc1sccc1-c1nc(C2CCCc3ccccc32)no1. The number of fused-ring (bicyclic) bond motifs is 1. The van der Waals surface area contributed by atoms with E-state index in [4.69, 9.17) is 10.3 Å². The highest BCUT2D eigenvalue weighted by Gasteiger charge is 2.26. The predicted molar refractivity (Wildman–Crippen MR) is 83.2 cm³/mol. The van der Waals surface area contributed by atoms with Crippen molar-refractivity contribution in [2.75, 3.05) is 5.73 Å². The Morgan fingerprint density at radius 2 is 2.14 bits per heavy atom. The highest BCUT2D eigenvalue weighted by Crippen LogP contribution is 2.37. The van der Waals surface area contributed by atoms with E-state index >= 15 is 0 Å². The zero-order valence-electron chi connectivity index (χ0n) is 11.5. The molecule has 0 bridgehead atoms. The van der Waals surface area contributed by atoms with Crippen molar-refractivity contribution in [1.29, 1.82) is 0 Å². The molecular formula is C16H15N3OS. The maximum Gasteiger partial charge on any atom is 0.260 e. The standard InChI is InChI=1S/C16H15N3OS/c17-14-13(8-9-21-14)16-18-15(19-20-16)12-7-3-5-10-4-1-2-6-11(10)12/h1-2,4,6,8-9,12H,3,5,7,17H2. The lowest BCUT2D eigenvalue weighted by Gasteiger charge is -2.22. The normalized spacial score (nSPS) is 17.6. The van der Waals surface area contributed by atoms with E-state index in [1.807, 2.05) is 11.4 Å². The van der Waals surface area contributed by atoms with Crippen LogP contribution in [0.15, 0.2) is 40.2 Å². The fourth-order valence-corrected chi connectivity index (χ4v) is 3.64. The van der Waals surface area contributed by atoms with Gasteiger partial charge in [0, 0.05) is 5.92 Å². The Labute approximate surface area is 126 Å². The quantitative estimate of drug-likeness (QED) is 0.780. The molecule has 0 fully saturated rings. The smallest absolute Gasteiger partial charge is 0.260 e. The van der Waals surface area contributed by atoms with Crippen LogP contribution in [0.4, 0.5) is 5.00 Å². The Balaban J connectivity index is 1.73. The van der Waals surface area contributed by atoms with E-state index in [1.165, 1.54) is 22.5 Å². The number of nitrogens with zero attached hydrogens (tertiary/aromatic N) is 2. The fourth-order valence-electron chi connectivity index (χ4n) is 3.01. The van der Waals surface area contributed by atoms with Gasteiger partial charge in [0.05, 0.1) is 10.6 Å². The average Bonchev–Trinajstić information content (AvgIpc) is 3.15. The zero-order valence-corrected chi connectivity index (χ0v) is 12.3. The van der Waals surface area contributed by atoms with Gasteiger partial charge >= 0.3 is 0 Å². The topological polar surface area (TPSA) is 64.9 Å². The molecule has 0 aliphatic heterocycles. The van der Waals surface area contributed by atoms with E-state index in [-0.39, 0.29) is 5.92 Å². The summed E-state index contributed by atoms with van der Waals surface area (Å²) in [5.74, 6) is 1.52. The molecule has 4 nitrogen and oxygen atoms in total. The lowest BCUT2D eigenvalue weighted by atomic mass is 9.82. The van der Waals surface area contributed by atoms with Crippen LogP contribution in [0.2, 0.25) is 0 Å². The molecule has 0 saturated heterocycles. The van der Waals surface area contributed by atoms with Crippen LogP contribution in [0, 0.1) is 0 Å². The number of hydrogen-bond donors (Lipinski definition) is 1. The van der Waals surface area contributed by atoms with Crippen LogP contribution < -0.4 is 5.73 Å². The van der Waals surface area contributed by atoms with Crippen LogP contribution >= 0.6 is 11.3 Å². The van der Waals surface area contributed by atoms with Crippen molar-refractivity contribution in [3.63, 3.8) is 0 Å². The summed E-state index contributed by atoms with van der Waals surface area (Å²) >= 11 is 1.48. The average molecular weight is 297 g/mol. The van der Waals surface area contributed by atoms with Crippen LogP contribution in [0.1, 0.15) is 35.7 Å². The summed E-state index contributed by atoms with van der Waals surface area (Å²) in [6.45, 7) is 0. The summed E-state index contributed by atoms with van der Waals surface area (Å²) in [5.41, 5.74) is 9.49. The Kier molecular flexibility index (Phi) is 3.00. The second kappa shape index (κ2) is 5.00. The molecule has 1 aromatic carbocycles. The number of aromatic nitrogens is 2. The molecule has 0 saturated carbocycles. The third-order valence-electron chi connectivity index (χ3n) is 4.05. The number of nitrogen functional groups attached to an aromatic ring is 1. The molecule has 2 N–H and O–H groups in total. The summed E-state index contributed by atoms with van der Waals surface area (Å²) in [4.78, 5) is 4.58. The van der Waals surface area contributed by atoms with Crippen molar-refractivity contribution < 1.29 is 4.52 Å². The van der Waals surface area contributed by atoms with Gasteiger partial charge in [-0.25, -0.2) is 0 Å². The molecule has 1 aliphatic rings. The molecule has 4 rings (SSSR count). The molecule has 0 radical (unpaired) electrons. The van der Waals surface area contributed by atoms with Gasteiger partial charge in [0.2, 0.25) is 0 Å². The van der Waals surface area contributed by atoms with E-state index in [9.17, 15) is 0 Å². The van der Waals surface area contributed by atoms with Crippen molar-refractivity contribution in [3.05, 3.63) is 52.7 Å². The Morgan fingerprint density at radius 1 is 1.24 bits per heavy atom. The zero-order chi connectivity index (χ0) is 14.2. The molecule has 3 aromatic rings. The number of thiophene rings is 1. The molecule has 2 aromatic heterocycles. The Morgan fingerprint density at radius 3 is 3.00 bits per heavy atom. The van der Waals surface area contributed by atoms with Crippen LogP contribution in [0.5, 0.6) is 0 Å². The van der Waals surface area contributed by atoms with E-state index in [0.29, 0.717) is 10.9 Å². The van der Waals surface area contributed by atoms with Crippen molar-refractivity contribution in [2.24, 2.45) is 0 Å². The molecule has 1 unspecified atom stereocenters. The summed E-state index contributed by atoms with van der Waals surface area (Å²) in [5, 5.41) is 6.85. The maximum absolute atomic E-state index is 5.93. The second-order valence-corrected chi connectivity index (χ2v) is 6.25. The number of anilines is 1. The van der Waals surface area contributed by atoms with Gasteiger partial charge in [0.25, 0.3) is 5.89 Å². The van der Waals surface area contributed by atoms with Crippen LogP contribution in [-0.4, -0.2) is 10.1 Å². The molecule has 2 heterocycles. The first kappa shape index (κ1) is 12.6. The summed E-state index contributed by atoms with van der Waals surface area (Å²) in [6.07, 6.45) is 3.36. The summed E-state index contributed by atoms with van der Waals surface area (Å²) in [6, 6.07) is 10.5. The Hall–Kier alpha value is -2.14. The lowest BCUT2D eigenvalue weighted by Crippen LogP contribution is -2.12. The van der Waals surface area contributed by atoms with E-state index in [0.717, 1.165) is 30.7 Å². The van der Waals surface area contributed by atoms with Gasteiger partial charge in [-0.05, 0) is 41.8 Å². The number of hydrogen-bond acceptors (Lipinski definition) is 5. The van der Waals surface area contributed by atoms with Crippen molar-refractivity contribution in [2.45, 2.75) is 25.2 Å². The number of rotatable bonds is 2. The van der Waals surface area contributed by atoms with Crippen LogP contribution in [0.25, 0.3) is 11.5 Å². The molecule has 106 valence electrons. The van der Waals surface area contributed by atoms with Gasteiger partial charge in [0.1, 0.15) is 0 Å². The van der Waals surface area contributed by atoms with Gasteiger partial charge in [0.15, 0.2) is 5.82 Å². The lowest BCUT2D eigenvalue weighted by molar-refractivity contribution is 0.415. The van der Waals surface area contributed by atoms with Gasteiger partial charge in [-0.3, -0.25) is 0 Å². The molecule has 5 heteroatoms. The van der Waals surface area contributed by atoms with Gasteiger partial charge < -0.3 is 10.3 Å². The third kappa shape index (κ3) is 2.14. The van der Waals surface area contributed by atoms with Gasteiger partial charge in [-0.1, -0.05) is 29.4 Å². The Bertz CT molecular complexity index is 777. The highest BCUT2D eigenvalue weighted by atomic mass is 32.1. The van der Waals surface area contributed by atoms with Crippen molar-refractivity contribution >= 4 is 16.3 Å². The largest absolute Gasteiger partial charge is 0.390 e. The molecule has 0 spiro atoms. The van der Waals surface area contributed by atoms with E-state index in [2.05, 4.69) is 34.4 Å². The third-order valence-corrected chi connectivity index (χ3v) is 4.79. The molecule has 0 amide bonds. The van der Waals surface area contributed by atoms with Crippen molar-refractivity contribution in [1.82, 2.24) is 10.1 Å². The van der Waals surface area contributed by atoms with Crippen molar-refractivity contribution in [3.8, 4) is 11.5 Å². The first-order chi connectivity index (χ1) is 10.3. The van der Waals surface area contributed by atoms with Crippen LogP contribution in [0.3, 0.4) is 0 Å². The maximum atomic E-state index is 5.93. The predicted octanol–water partition coefficient (Wildman–Crippen LogP) is 3.85. The van der Waals surface area contributed by atoms with Gasteiger partial charge in [-0.2, -0.15) is 4.98 Å². The first-order valence-corrected chi connectivity index (χ1v) is 7.95. The summed E-state index contributed by atoms with van der Waals surface area (Å²) in [7, 11) is 0. The minimum atomic E-state index is 0.229. The molecular weight excluding hydrogens is 282 g/mol. The minimum Gasteiger partial charge on any atom is -0.390 e. The van der Waals surface area contributed by atoms with E-state index < -0.39 is 0 Å². The van der Waals surface area contributed by atoms with Gasteiger partial charge in [-0.15, -0.1) is 11.3 Å². The molecule has 1 aliphatic carbocycles. The van der Waals surface area contributed by atoms with E-state index in [1.54, 1.807) is 0 Å². The minimum absolute atomic E-state index is 0.229. The van der Waals surface area contributed by atoms with Crippen LogP contribution in [-0.2, 0) is 6.42 Å². The number of nitrogens with two attached hydrogens (primary N) is 1. The molecule has 1 atom stereocenters. The second-order valence-electron chi connectivity index (χ2n) is 5.30. The first-order valence-electron chi connectivity index (χ1n) is 7.07.